The van der Waals surface area contributed by atoms with E-state index in [2.05, 4.69) is 11.9 Å². The summed E-state index contributed by atoms with van der Waals surface area (Å²) in [5.74, 6) is 0. The molecule has 0 aliphatic carbocycles. The molecule has 1 N–H and O–H groups in total. The molecule has 4 heteroatoms. The maximum Gasteiger partial charge on any atom is 0.416 e. The highest BCUT2D eigenvalue weighted by atomic mass is 19.4. The first-order valence-electron chi connectivity index (χ1n) is 4.98. The van der Waals surface area contributed by atoms with Crippen LogP contribution in [0.3, 0.4) is 0 Å². The van der Waals surface area contributed by atoms with E-state index in [-0.39, 0.29) is 0 Å². The molecule has 0 amide bonds. The van der Waals surface area contributed by atoms with E-state index in [1.165, 1.54) is 6.07 Å². The van der Waals surface area contributed by atoms with Crippen LogP contribution in [0.2, 0.25) is 0 Å². The second-order valence-electron chi connectivity index (χ2n) is 3.53. The maximum absolute atomic E-state index is 12.4. The van der Waals surface area contributed by atoms with Crippen LogP contribution in [0.25, 0.3) is 0 Å². The Kier molecular flexibility index (Phi) is 3.99. The van der Waals surface area contributed by atoms with E-state index in [0.717, 1.165) is 24.1 Å². The number of rotatable bonds is 4. The van der Waals surface area contributed by atoms with E-state index in [9.17, 15) is 13.2 Å². The summed E-state index contributed by atoms with van der Waals surface area (Å²) in [6, 6.07) is 3.70. The van der Waals surface area contributed by atoms with Crippen molar-refractivity contribution < 1.29 is 13.2 Å². The fourth-order valence-corrected chi connectivity index (χ4v) is 1.30. The van der Waals surface area contributed by atoms with Gasteiger partial charge in [-0.05, 0) is 31.0 Å². The minimum Gasteiger partial charge on any atom is -0.385 e. The molecular weight excluding hydrogens is 215 g/mol. The third-order valence-electron chi connectivity index (χ3n) is 2.23. The summed E-state index contributed by atoms with van der Waals surface area (Å²) < 4.78 is 37.3. The predicted octanol–water partition coefficient (Wildman–Crippen LogP) is 4.00. The van der Waals surface area contributed by atoms with Gasteiger partial charge in [0.1, 0.15) is 0 Å². The Hall–Kier alpha value is -1.45. The smallest absolute Gasteiger partial charge is 0.385 e. The van der Waals surface area contributed by atoms with Crippen LogP contribution in [-0.2, 0) is 6.18 Å². The molecule has 1 nitrogen and oxygen atoms in total. The van der Waals surface area contributed by atoms with Crippen molar-refractivity contribution in [1.82, 2.24) is 0 Å². The quantitative estimate of drug-likeness (QED) is 0.607. The molecule has 88 valence electrons. The van der Waals surface area contributed by atoms with Crippen LogP contribution in [0, 0.1) is 6.92 Å². The highest BCUT2D eigenvalue weighted by molar-refractivity contribution is 5.53. The highest BCUT2D eigenvalue weighted by Crippen LogP contribution is 2.31. The van der Waals surface area contributed by atoms with Crippen molar-refractivity contribution in [2.45, 2.75) is 19.5 Å². The number of nitrogens with one attached hydrogen (secondary N) is 1. The van der Waals surface area contributed by atoms with E-state index in [4.69, 9.17) is 0 Å². The van der Waals surface area contributed by atoms with Crippen molar-refractivity contribution in [3.05, 3.63) is 42.0 Å². The van der Waals surface area contributed by atoms with E-state index in [1.54, 1.807) is 13.0 Å². The minimum absolute atomic E-state index is 0.525. The number of aryl methyl sites for hydroxylation is 1. The molecule has 0 radical (unpaired) electrons. The van der Waals surface area contributed by atoms with Gasteiger partial charge in [0, 0.05) is 12.2 Å². The minimum atomic E-state index is -4.29. The van der Waals surface area contributed by atoms with Gasteiger partial charge in [-0.1, -0.05) is 12.1 Å². The number of hydrogen-bond donors (Lipinski definition) is 1. The van der Waals surface area contributed by atoms with E-state index in [1.807, 2.05) is 0 Å². The Morgan fingerprint density at radius 2 is 2.06 bits per heavy atom. The number of anilines is 1. The number of alkyl halides is 3. The molecule has 1 aromatic carbocycles. The summed E-state index contributed by atoms with van der Waals surface area (Å²) in [6.07, 6.45) is -1.85. The average Bonchev–Trinajstić information content (AvgIpc) is 2.19. The van der Waals surface area contributed by atoms with Crippen LogP contribution >= 0.6 is 0 Å². The summed E-state index contributed by atoms with van der Waals surface area (Å²) in [5, 5.41) is 2.96. The summed E-state index contributed by atoms with van der Waals surface area (Å²) >= 11 is 0. The number of hydrogen-bond acceptors (Lipinski definition) is 1. The van der Waals surface area contributed by atoms with Gasteiger partial charge in [-0.15, -0.1) is 6.58 Å². The topological polar surface area (TPSA) is 12.0 Å². The van der Waals surface area contributed by atoms with Gasteiger partial charge in [-0.25, -0.2) is 0 Å². The summed E-state index contributed by atoms with van der Waals surface area (Å²) in [4.78, 5) is 0. The maximum atomic E-state index is 12.4. The molecule has 0 saturated carbocycles. The van der Waals surface area contributed by atoms with Gasteiger partial charge in [0.2, 0.25) is 0 Å². The number of halogens is 3. The molecule has 0 heterocycles. The first-order valence-corrected chi connectivity index (χ1v) is 4.98. The van der Waals surface area contributed by atoms with Gasteiger partial charge in [0.25, 0.3) is 0 Å². The van der Waals surface area contributed by atoms with Gasteiger partial charge >= 0.3 is 6.18 Å². The summed E-state index contributed by atoms with van der Waals surface area (Å²) in [6.45, 7) is 5.91. The molecule has 1 aromatic rings. The van der Waals surface area contributed by atoms with Crippen LogP contribution in [0.15, 0.2) is 30.9 Å². The molecular formula is C12H14F3N. The van der Waals surface area contributed by atoms with Crippen molar-refractivity contribution in [2.75, 3.05) is 11.9 Å². The van der Waals surface area contributed by atoms with E-state index >= 15 is 0 Å². The van der Waals surface area contributed by atoms with Gasteiger partial charge < -0.3 is 5.32 Å². The zero-order valence-corrected chi connectivity index (χ0v) is 9.06. The molecule has 1 rings (SSSR count). The normalized spacial score (nSPS) is 11.2. The molecule has 0 aliphatic rings. The first-order chi connectivity index (χ1) is 7.45. The Morgan fingerprint density at radius 3 is 2.62 bits per heavy atom. The first kappa shape index (κ1) is 12.6. The van der Waals surface area contributed by atoms with Crippen molar-refractivity contribution in [3.8, 4) is 0 Å². The van der Waals surface area contributed by atoms with Crippen LogP contribution in [0.5, 0.6) is 0 Å². The average molecular weight is 229 g/mol. The zero-order valence-electron chi connectivity index (χ0n) is 9.06. The second kappa shape index (κ2) is 5.05. The SMILES string of the molecule is C=CCCNc1cc(C(F)(F)F)ccc1C. The molecule has 0 saturated heterocycles. The molecule has 0 atom stereocenters. The van der Waals surface area contributed by atoms with Gasteiger partial charge in [0.05, 0.1) is 5.56 Å². The Morgan fingerprint density at radius 1 is 1.38 bits per heavy atom. The van der Waals surface area contributed by atoms with Crippen molar-refractivity contribution in [3.63, 3.8) is 0 Å². The second-order valence-corrected chi connectivity index (χ2v) is 3.53. The largest absolute Gasteiger partial charge is 0.416 e. The van der Waals surface area contributed by atoms with Crippen LogP contribution < -0.4 is 5.32 Å². The van der Waals surface area contributed by atoms with Gasteiger partial charge in [-0.2, -0.15) is 13.2 Å². The van der Waals surface area contributed by atoms with E-state index < -0.39 is 11.7 Å². The molecule has 0 unspecified atom stereocenters. The molecule has 16 heavy (non-hydrogen) atoms. The zero-order chi connectivity index (χ0) is 12.2. The lowest BCUT2D eigenvalue weighted by Crippen LogP contribution is -2.08. The fraction of sp³-hybridized carbons (Fsp3) is 0.333. The molecule has 0 bridgehead atoms. The highest BCUT2D eigenvalue weighted by Gasteiger charge is 2.30. The Bertz CT molecular complexity index is 369. The molecule has 0 fully saturated rings. The molecule has 0 spiro atoms. The van der Waals surface area contributed by atoms with Crippen molar-refractivity contribution in [2.24, 2.45) is 0 Å². The standard InChI is InChI=1S/C12H14F3N/c1-3-4-7-16-11-8-10(12(13,14)15)6-5-9(11)2/h3,5-6,8,16H,1,4,7H2,2H3. The van der Waals surface area contributed by atoms with Gasteiger partial charge in [-0.3, -0.25) is 0 Å². The van der Waals surface area contributed by atoms with Crippen LogP contribution in [0.1, 0.15) is 17.5 Å². The summed E-state index contributed by atoms with van der Waals surface area (Å²) in [5.41, 5.74) is 0.702. The molecule has 0 aliphatic heterocycles. The third kappa shape index (κ3) is 3.29. The number of benzene rings is 1. The fourth-order valence-electron chi connectivity index (χ4n) is 1.30. The lowest BCUT2D eigenvalue weighted by atomic mass is 10.1. The summed E-state index contributed by atoms with van der Waals surface area (Å²) in [7, 11) is 0. The van der Waals surface area contributed by atoms with E-state index in [0.29, 0.717) is 12.2 Å². The third-order valence-corrected chi connectivity index (χ3v) is 2.23. The lowest BCUT2D eigenvalue weighted by molar-refractivity contribution is -0.137. The Labute approximate surface area is 93.0 Å². The lowest BCUT2D eigenvalue weighted by Gasteiger charge is -2.12. The van der Waals surface area contributed by atoms with Gasteiger partial charge in [0.15, 0.2) is 0 Å². The monoisotopic (exact) mass is 229 g/mol. The predicted molar refractivity (Wildman–Crippen MR) is 59.5 cm³/mol. The van der Waals surface area contributed by atoms with Crippen molar-refractivity contribution >= 4 is 5.69 Å². The van der Waals surface area contributed by atoms with Crippen LogP contribution in [0.4, 0.5) is 18.9 Å². The Balaban J connectivity index is 2.86. The van der Waals surface area contributed by atoms with Crippen LogP contribution in [-0.4, -0.2) is 6.54 Å². The molecule has 0 aromatic heterocycles. The van der Waals surface area contributed by atoms with Crippen molar-refractivity contribution in [1.29, 1.82) is 0 Å².